The number of aryl methyl sites for hydroxylation is 1. The van der Waals surface area contributed by atoms with Gasteiger partial charge >= 0.3 is 0 Å². The molecule has 0 aliphatic heterocycles. The topological polar surface area (TPSA) is 71.2 Å². The van der Waals surface area contributed by atoms with Crippen molar-refractivity contribution in [3.8, 4) is 0 Å². The summed E-state index contributed by atoms with van der Waals surface area (Å²) in [6.07, 6.45) is 2.55. The maximum atomic E-state index is 12.6. The zero-order valence-electron chi connectivity index (χ0n) is 11.9. The summed E-state index contributed by atoms with van der Waals surface area (Å²) in [5.74, 6) is 5.58. The number of hydrogen-bond acceptors (Lipinski definition) is 4. The van der Waals surface area contributed by atoms with Gasteiger partial charge in [-0.05, 0) is 46.1 Å². The third-order valence-electron chi connectivity index (χ3n) is 3.26. The molecule has 6 heteroatoms. The first-order valence-corrected chi connectivity index (χ1v) is 7.35. The summed E-state index contributed by atoms with van der Waals surface area (Å²) < 4.78 is 0.722. The molecule has 1 heterocycles. The number of nitrogens with two attached hydrogens (primary N) is 1. The molecular weight excluding hydrogens is 332 g/mol. The van der Waals surface area contributed by atoms with Crippen molar-refractivity contribution in [2.45, 2.75) is 13.3 Å². The Hall–Kier alpha value is -1.92. The minimum absolute atomic E-state index is 0.180. The number of carbonyl (C=O) groups excluding carboxylic acids is 1. The van der Waals surface area contributed by atoms with Gasteiger partial charge in [0.1, 0.15) is 0 Å². The number of nitrogens with zero attached hydrogens (tertiary/aromatic N) is 2. The van der Waals surface area contributed by atoms with Crippen LogP contribution in [0.5, 0.6) is 0 Å². The quantitative estimate of drug-likeness (QED) is 0.658. The fourth-order valence-electron chi connectivity index (χ4n) is 1.97. The Morgan fingerprint density at radius 2 is 2.05 bits per heavy atom. The number of hydrogen-bond donors (Lipinski definition) is 2. The highest BCUT2D eigenvalue weighted by Crippen LogP contribution is 2.22. The number of benzene rings is 1. The van der Waals surface area contributed by atoms with Crippen molar-refractivity contribution in [3.63, 3.8) is 0 Å². The zero-order chi connectivity index (χ0) is 15.4. The van der Waals surface area contributed by atoms with Gasteiger partial charge in [0.05, 0.1) is 5.56 Å². The van der Waals surface area contributed by atoms with Crippen LogP contribution < -0.4 is 16.2 Å². The lowest BCUT2D eigenvalue weighted by atomic mass is 10.1. The van der Waals surface area contributed by atoms with Crippen molar-refractivity contribution >= 4 is 33.3 Å². The van der Waals surface area contributed by atoms with Gasteiger partial charge in [-0.25, -0.2) is 10.8 Å². The number of anilines is 2. The van der Waals surface area contributed by atoms with Crippen molar-refractivity contribution in [1.29, 1.82) is 0 Å². The second-order valence-electron chi connectivity index (χ2n) is 4.58. The van der Waals surface area contributed by atoms with Crippen LogP contribution in [0.2, 0.25) is 0 Å². The first-order valence-electron chi connectivity index (χ1n) is 6.56. The molecule has 0 radical (unpaired) electrons. The number of aromatic nitrogens is 1. The van der Waals surface area contributed by atoms with Crippen LogP contribution in [-0.2, 0) is 6.42 Å². The van der Waals surface area contributed by atoms with E-state index in [0.717, 1.165) is 16.6 Å². The summed E-state index contributed by atoms with van der Waals surface area (Å²) in [5, 5.41) is 0. The molecule has 21 heavy (non-hydrogen) atoms. The maximum absolute atomic E-state index is 12.6. The normalized spacial score (nSPS) is 10.3. The van der Waals surface area contributed by atoms with Crippen molar-refractivity contribution < 1.29 is 4.79 Å². The minimum atomic E-state index is -0.180. The van der Waals surface area contributed by atoms with Crippen LogP contribution in [0.25, 0.3) is 0 Å². The molecule has 110 valence electrons. The Morgan fingerprint density at radius 1 is 1.38 bits per heavy atom. The number of halogens is 1. The summed E-state index contributed by atoms with van der Waals surface area (Å²) in [6.45, 7) is 2.09. The Bertz CT molecular complexity index is 643. The first kappa shape index (κ1) is 15.5. The van der Waals surface area contributed by atoms with Gasteiger partial charge in [-0.2, -0.15) is 0 Å². The average molecular weight is 349 g/mol. The van der Waals surface area contributed by atoms with Crippen LogP contribution in [0.1, 0.15) is 22.8 Å². The molecule has 0 saturated carbocycles. The largest absolute Gasteiger partial charge is 0.311 e. The van der Waals surface area contributed by atoms with Gasteiger partial charge in [0.25, 0.3) is 5.91 Å². The van der Waals surface area contributed by atoms with E-state index in [4.69, 9.17) is 5.84 Å². The van der Waals surface area contributed by atoms with Crippen molar-refractivity contribution in [2.75, 3.05) is 17.4 Å². The molecule has 5 nitrogen and oxygen atoms in total. The summed E-state index contributed by atoms with van der Waals surface area (Å²) in [4.78, 5) is 18.3. The Balaban J connectivity index is 2.32. The Labute approximate surface area is 132 Å². The lowest BCUT2D eigenvalue weighted by Crippen LogP contribution is -2.28. The van der Waals surface area contributed by atoms with Gasteiger partial charge in [-0.15, -0.1) is 0 Å². The van der Waals surface area contributed by atoms with E-state index in [2.05, 4.69) is 33.3 Å². The van der Waals surface area contributed by atoms with Crippen LogP contribution in [0.3, 0.4) is 0 Å². The summed E-state index contributed by atoms with van der Waals surface area (Å²) in [5.41, 5.74) is 4.91. The third kappa shape index (κ3) is 3.40. The van der Waals surface area contributed by atoms with E-state index in [9.17, 15) is 4.79 Å². The molecule has 0 atom stereocenters. The van der Waals surface area contributed by atoms with Crippen molar-refractivity contribution in [3.05, 3.63) is 52.1 Å². The first-order chi connectivity index (χ1) is 10.1. The number of carbonyl (C=O) groups is 1. The highest BCUT2D eigenvalue weighted by molar-refractivity contribution is 9.10. The predicted octanol–water partition coefficient (Wildman–Crippen LogP) is 2.97. The lowest BCUT2D eigenvalue weighted by molar-refractivity contribution is 0.0993. The van der Waals surface area contributed by atoms with E-state index in [0.29, 0.717) is 11.4 Å². The second-order valence-corrected chi connectivity index (χ2v) is 5.49. The van der Waals surface area contributed by atoms with Gasteiger partial charge in [0.2, 0.25) is 0 Å². The number of hydrazine groups is 1. The third-order valence-corrected chi connectivity index (χ3v) is 3.69. The number of nitrogens with one attached hydrogen (secondary N) is 1. The molecule has 1 amide bonds. The zero-order valence-corrected chi connectivity index (χ0v) is 13.5. The highest BCUT2D eigenvalue weighted by atomic mass is 79.9. The molecular formula is C15H17BrN4O. The van der Waals surface area contributed by atoms with E-state index >= 15 is 0 Å². The highest BCUT2D eigenvalue weighted by Gasteiger charge is 2.18. The van der Waals surface area contributed by atoms with Crippen LogP contribution >= 0.6 is 15.9 Å². The smallest absolute Gasteiger partial charge is 0.261 e. The molecule has 1 aromatic carbocycles. The number of rotatable bonds is 4. The molecule has 0 spiro atoms. The molecule has 0 saturated heterocycles. The number of nitrogen functional groups attached to an aromatic ring is 1. The Morgan fingerprint density at radius 3 is 2.62 bits per heavy atom. The molecule has 0 unspecified atom stereocenters. The Kier molecular flexibility index (Phi) is 4.93. The standard InChI is InChI=1S/C15H17BrN4O/c1-3-10-4-6-12(7-5-10)20(2)15(21)13-8-11(16)9-18-14(13)19-17/h4-9H,3,17H2,1-2H3,(H,18,19). The number of pyridine rings is 1. The van der Waals surface area contributed by atoms with Crippen LogP contribution in [0.15, 0.2) is 41.0 Å². The summed E-state index contributed by atoms with van der Waals surface area (Å²) >= 11 is 3.32. The van der Waals surface area contributed by atoms with E-state index in [-0.39, 0.29) is 5.91 Å². The lowest BCUT2D eigenvalue weighted by Gasteiger charge is -2.19. The van der Waals surface area contributed by atoms with Gasteiger partial charge in [0.15, 0.2) is 5.82 Å². The van der Waals surface area contributed by atoms with Crippen LogP contribution in [-0.4, -0.2) is 17.9 Å². The fraction of sp³-hybridized carbons (Fsp3) is 0.200. The van der Waals surface area contributed by atoms with Crippen molar-refractivity contribution in [1.82, 2.24) is 4.98 Å². The van der Waals surface area contributed by atoms with Crippen molar-refractivity contribution in [2.24, 2.45) is 5.84 Å². The molecule has 1 aromatic heterocycles. The van der Waals surface area contributed by atoms with Crippen LogP contribution in [0.4, 0.5) is 11.5 Å². The van der Waals surface area contributed by atoms with Gasteiger partial charge in [-0.1, -0.05) is 19.1 Å². The summed E-state index contributed by atoms with van der Waals surface area (Å²) in [7, 11) is 1.73. The SMILES string of the molecule is CCc1ccc(N(C)C(=O)c2cc(Br)cnc2NN)cc1. The van der Waals surface area contributed by atoms with Gasteiger partial charge in [0, 0.05) is 23.4 Å². The van der Waals surface area contributed by atoms with E-state index < -0.39 is 0 Å². The maximum Gasteiger partial charge on any atom is 0.261 e. The molecule has 3 N–H and O–H groups in total. The molecule has 2 rings (SSSR count). The summed E-state index contributed by atoms with van der Waals surface area (Å²) in [6, 6.07) is 9.58. The number of amides is 1. The molecule has 0 aliphatic rings. The molecule has 0 fully saturated rings. The minimum Gasteiger partial charge on any atom is -0.311 e. The fourth-order valence-corrected chi connectivity index (χ4v) is 2.30. The molecule has 2 aromatic rings. The predicted molar refractivity (Wildman–Crippen MR) is 88.3 cm³/mol. The van der Waals surface area contributed by atoms with Crippen LogP contribution in [0, 0.1) is 0 Å². The van der Waals surface area contributed by atoms with E-state index in [1.807, 2.05) is 24.3 Å². The molecule has 0 bridgehead atoms. The van der Waals surface area contributed by atoms with Gasteiger partial charge in [-0.3, -0.25) is 4.79 Å². The monoisotopic (exact) mass is 348 g/mol. The van der Waals surface area contributed by atoms with Gasteiger partial charge < -0.3 is 10.3 Å². The van der Waals surface area contributed by atoms with E-state index in [1.54, 1.807) is 24.2 Å². The average Bonchev–Trinajstić information content (AvgIpc) is 2.53. The second kappa shape index (κ2) is 6.69. The van der Waals surface area contributed by atoms with E-state index in [1.165, 1.54) is 5.56 Å². The molecule has 0 aliphatic carbocycles.